The van der Waals surface area contributed by atoms with Gasteiger partial charge in [-0.2, -0.15) is 4.39 Å². The summed E-state index contributed by atoms with van der Waals surface area (Å²) in [5.41, 5.74) is 1.05. The van der Waals surface area contributed by atoms with Crippen LogP contribution in [-0.2, 0) is 0 Å². The van der Waals surface area contributed by atoms with Gasteiger partial charge in [0.2, 0.25) is 0 Å². The zero-order valence-corrected chi connectivity index (χ0v) is 7.55. The fraction of sp³-hybridized carbons (Fsp3) is 0.333. The molecule has 13 heavy (non-hydrogen) atoms. The highest BCUT2D eigenvalue weighted by atomic mass is 19.1. The van der Waals surface area contributed by atoms with Gasteiger partial charge in [0.1, 0.15) is 0 Å². The molecule has 0 saturated carbocycles. The molecule has 0 aromatic carbocycles. The van der Waals surface area contributed by atoms with Crippen LogP contribution in [0.1, 0.15) is 13.3 Å². The van der Waals surface area contributed by atoms with Crippen molar-refractivity contribution in [3.05, 3.63) is 30.5 Å². The summed E-state index contributed by atoms with van der Waals surface area (Å²) in [4.78, 5) is 7.26. The van der Waals surface area contributed by atoms with Crippen molar-refractivity contribution >= 4 is 5.82 Å². The molecule has 1 aromatic heterocycles. The van der Waals surface area contributed by atoms with Crippen molar-refractivity contribution in [2.45, 2.75) is 13.3 Å². The predicted octanol–water partition coefficient (Wildman–Crippen LogP) is 1.99. The van der Waals surface area contributed by atoms with Gasteiger partial charge in [-0.05, 0) is 13.3 Å². The van der Waals surface area contributed by atoms with E-state index in [2.05, 4.69) is 21.9 Å². The Hall–Kier alpha value is -1.45. The van der Waals surface area contributed by atoms with Crippen LogP contribution in [0.2, 0.25) is 0 Å². The first-order chi connectivity index (χ1) is 6.20. The number of nitrogens with one attached hydrogen (secondary N) is 1. The molecule has 1 aromatic rings. The summed E-state index contributed by atoms with van der Waals surface area (Å²) in [6.07, 6.45) is 3.57. The zero-order chi connectivity index (χ0) is 9.68. The van der Waals surface area contributed by atoms with Gasteiger partial charge in [-0.25, -0.2) is 9.97 Å². The van der Waals surface area contributed by atoms with Gasteiger partial charge in [-0.3, -0.25) is 0 Å². The molecule has 4 heteroatoms. The second-order valence-corrected chi connectivity index (χ2v) is 2.83. The maximum atomic E-state index is 12.9. The SMILES string of the molecule is C=C(C)CCNc1nccnc1F. The molecular weight excluding hydrogens is 169 g/mol. The van der Waals surface area contributed by atoms with Crippen molar-refractivity contribution in [3.8, 4) is 0 Å². The normalized spacial score (nSPS) is 9.69. The molecule has 0 aliphatic heterocycles. The van der Waals surface area contributed by atoms with Crippen LogP contribution in [0.3, 0.4) is 0 Å². The molecule has 0 aliphatic rings. The standard InChI is InChI=1S/C9H12FN3/c1-7(2)3-4-12-9-8(10)11-5-6-13-9/h5-6H,1,3-4H2,2H3,(H,12,13). The Morgan fingerprint density at radius 2 is 2.23 bits per heavy atom. The molecule has 0 aliphatic carbocycles. The van der Waals surface area contributed by atoms with Crippen LogP contribution in [0, 0.1) is 5.95 Å². The number of nitrogens with zero attached hydrogens (tertiary/aromatic N) is 2. The Bertz CT molecular complexity index is 299. The molecule has 0 spiro atoms. The molecule has 3 nitrogen and oxygen atoms in total. The number of aromatic nitrogens is 2. The minimum absolute atomic E-state index is 0.198. The summed E-state index contributed by atoms with van der Waals surface area (Å²) in [5, 5.41) is 2.83. The van der Waals surface area contributed by atoms with E-state index in [-0.39, 0.29) is 5.82 Å². The van der Waals surface area contributed by atoms with Crippen LogP contribution in [0.5, 0.6) is 0 Å². The largest absolute Gasteiger partial charge is 0.366 e. The fourth-order valence-electron chi connectivity index (χ4n) is 0.834. The molecule has 1 rings (SSSR count). The van der Waals surface area contributed by atoms with Crippen molar-refractivity contribution in [1.29, 1.82) is 0 Å². The van der Waals surface area contributed by atoms with E-state index in [0.29, 0.717) is 6.54 Å². The molecule has 1 N–H and O–H groups in total. The molecule has 0 amide bonds. The number of anilines is 1. The van der Waals surface area contributed by atoms with E-state index in [1.54, 1.807) is 0 Å². The summed E-state index contributed by atoms with van der Waals surface area (Å²) < 4.78 is 12.9. The Morgan fingerprint density at radius 3 is 2.85 bits per heavy atom. The summed E-state index contributed by atoms with van der Waals surface area (Å²) in [7, 11) is 0. The van der Waals surface area contributed by atoms with E-state index in [0.717, 1.165) is 12.0 Å². The van der Waals surface area contributed by atoms with E-state index in [1.165, 1.54) is 12.4 Å². The summed E-state index contributed by atoms with van der Waals surface area (Å²) >= 11 is 0. The highest BCUT2D eigenvalue weighted by molar-refractivity contribution is 5.31. The number of halogens is 1. The highest BCUT2D eigenvalue weighted by Gasteiger charge is 2.01. The van der Waals surface area contributed by atoms with E-state index >= 15 is 0 Å². The van der Waals surface area contributed by atoms with Crippen molar-refractivity contribution < 1.29 is 4.39 Å². The predicted molar refractivity (Wildman–Crippen MR) is 49.9 cm³/mol. The van der Waals surface area contributed by atoms with Gasteiger partial charge >= 0.3 is 0 Å². The topological polar surface area (TPSA) is 37.8 Å². The summed E-state index contributed by atoms with van der Waals surface area (Å²) in [6, 6.07) is 0. The number of rotatable bonds is 4. The van der Waals surface area contributed by atoms with E-state index in [9.17, 15) is 4.39 Å². The minimum Gasteiger partial charge on any atom is -0.366 e. The maximum absolute atomic E-state index is 12.9. The van der Waals surface area contributed by atoms with Gasteiger partial charge in [-0.15, -0.1) is 6.58 Å². The zero-order valence-electron chi connectivity index (χ0n) is 7.55. The molecule has 0 atom stereocenters. The lowest BCUT2D eigenvalue weighted by Crippen LogP contribution is -2.06. The van der Waals surface area contributed by atoms with Gasteiger partial charge in [0, 0.05) is 18.9 Å². The Kier molecular flexibility index (Phi) is 3.37. The van der Waals surface area contributed by atoms with Crippen molar-refractivity contribution in [2.75, 3.05) is 11.9 Å². The van der Waals surface area contributed by atoms with E-state index < -0.39 is 5.95 Å². The molecule has 0 bridgehead atoms. The first-order valence-corrected chi connectivity index (χ1v) is 4.05. The van der Waals surface area contributed by atoms with Crippen LogP contribution in [0.15, 0.2) is 24.5 Å². The highest BCUT2D eigenvalue weighted by Crippen LogP contribution is 2.05. The van der Waals surface area contributed by atoms with Crippen LogP contribution < -0.4 is 5.32 Å². The molecule has 0 unspecified atom stereocenters. The van der Waals surface area contributed by atoms with E-state index in [4.69, 9.17) is 0 Å². The lowest BCUT2D eigenvalue weighted by molar-refractivity contribution is 0.580. The molecule has 0 radical (unpaired) electrons. The van der Waals surface area contributed by atoms with Gasteiger partial charge in [0.25, 0.3) is 5.95 Å². The Balaban J connectivity index is 2.45. The van der Waals surface area contributed by atoms with Gasteiger partial charge in [0.15, 0.2) is 5.82 Å². The maximum Gasteiger partial charge on any atom is 0.255 e. The van der Waals surface area contributed by atoms with Crippen LogP contribution in [0.25, 0.3) is 0 Å². The quantitative estimate of drug-likeness (QED) is 0.722. The minimum atomic E-state index is -0.566. The molecule has 70 valence electrons. The first-order valence-electron chi connectivity index (χ1n) is 4.05. The molecule has 0 fully saturated rings. The van der Waals surface area contributed by atoms with E-state index in [1.807, 2.05) is 6.92 Å². The van der Waals surface area contributed by atoms with Crippen molar-refractivity contribution in [3.63, 3.8) is 0 Å². The average molecular weight is 181 g/mol. The smallest absolute Gasteiger partial charge is 0.255 e. The fourth-order valence-corrected chi connectivity index (χ4v) is 0.834. The third-order valence-corrected chi connectivity index (χ3v) is 1.50. The Morgan fingerprint density at radius 1 is 1.54 bits per heavy atom. The number of hydrogen-bond acceptors (Lipinski definition) is 3. The van der Waals surface area contributed by atoms with Gasteiger partial charge in [-0.1, -0.05) is 5.57 Å². The van der Waals surface area contributed by atoms with Crippen LogP contribution in [-0.4, -0.2) is 16.5 Å². The Labute approximate surface area is 76.7 Å². The van der Waals surface area contributed by atoms with Crippen molar-refractivity contribution in [2.24, 2.45) is 0 Å². The lowest BCUT2D eigenvalue weighted by Gasteiger charge is -2.04. The van der Waals surface area contributed by atoms with Crippen molar-refractivity contribution in [1.82, 2.24) is 9.97 Å². The van der Waals surface area contributed by atoms with Crippen LogP contribution >= 0.6 is 0 Å². The first kappa shape index (κ1) is 9.64. The third-order valence-electron chi connectivity index (χ3n) is 1.50. The third kappa shape index (κ3) is 3.19. The lowest BCUT2D eigenvalue weighted by atomic mass is 10.2. The summed E-state index contributed by atoms with van der Waals surface area (Å²) in [6.45, 7) is 6.29. The molecule has 1 heterocycles. The van der Waals surface area contributed by atoms with Gasteiger partial charge < -0.3 is 5.32 Å². The number of hydrogen-bond donors (Lipinski definition) is 1. The molecular formula is C9H12FN3. The second kappa shape index (κ2) is 4.54. The monoisotopic (exact) mass is 181 g/mol. The van der Waals surface area contributed by atoms with Gasteiger partial charge in [0.05, 0.1) is 0 Å². The summed E-state index contributed by atoms with van der Waals surface area (Å²) in [5.74, 6) is -0.368. The van der Waals surface area contributed by atoms with Crippen LogP contribution in [0.4, 0.5) is 10.2 Å². The second-order valence-electron chi connectivity index (χ2n) is 2.83. The molecule has 0 saturated heterocycles. The average Bonchev–Trinajstić information content (AvgIpc) is 2.08.